The molecule has 3 aromatic carbocycles. The molecule has 0 aliphatic heterocycles. The SMILES string of the molecule is Cc1cc(Cl)cc(Cl)c1S(=O)(=O)Nc1ccc2c(c1)c(=O)[nH]n2Cc1ccc(F)cc1. The van der Waals surface area contributed by atoms with E-state index < -0.39 is 10.0 Å². The second kappa shape index (κ2) is 8.03. The van der Waals surface area contributed by atoms with Crippen molar-refractivity contribution in [2.75, 3.05) is 4.72 Å². The zero-order valence-corrected chi connectivity index (χ0v) is 18.4. The molecule has 0 bridgehead atoms. The van der Waals surface area contributed by atoms with Gasteiger partial charge in [0.1, 0.15) is 10.7 Å². The van der Waals surface area contributed by atoms with Gasteiger partial charge in [-0.15, -0.1) is 0 Å². The van der Waals surface area contributed by atoms with Crippen molar-refractivity contribution in [2.45, 2.75) is 18.4 Å². The van der Waals surface area contributed by atoms with E-state index in [1.807, 2.05) is 0 Å². The summed E-state index contributed by atoms with van der Waals surface area (Å²) in [6.07, 6.45) is 0. The first kappa shape index (κ1) is 21.4. The molecule has 160 valence electrons. The molecule has 0 saturated carbocycles. The van der Waals surface area contributed by atoms with Gasteiger partial charge in [0.05, 0.1) is 22.5 Å². The summed E-state index contributed by atoms with van der Waals surface area (Å²) < 4.78 is 43.0. The molecule has 31 heavy (non-hydrogen) atoms. The zero-order chi connectivity index (χ0) is 22.3. The van der Waals surface area contributed by atoms with Gasteiger partial charge in [0.2, 0.25) is 0 Å². The van der Waals surface area contributed by atoms with Crippen LogP contribution in [0.15, 0.2) is 64.3 Å². The number of nitrogens with one attached hydrogen (secondary N) is 2. The quantitative estimate of drug-likeness (QED) is 0.425. The highest BCUT2D eigenvalue weighted by Gasteiger charge is 2.22. The molecule has 10 heteroatoms. The predicted octanol–water partition coefficient (Wildman–Crippen LogP) is 4.93. The zero-order valence-electron chi connectivity index (χ0n) is 16.1. The lowest BCUT2D eigenvalue weighted by atomic mass is 10.2. The molecule has 0 aliphatic carbocycles. The van der Waals surface area contributed by atoms with Crippen LogP contribution in [-0.4, -0.2) is 18.2 Å². The van der Waals surface area contributed by atoms with Crippen molar-refractivity contribution < 1.29 is 12.8 Å². The lowest BCUT2D eigenvalue weighted by Gasteiger charge is -2.12. The predicted molar refractivity (Wildman–Crippen MR) is 120 cm³/mol. The Morgan fingerprint density at radius 3 is 2.45 bits per heavy atom. The number of aromatic nitrogens is 2. The molecular formula is C21H16Cl2FN3O3S. The minimum absolute atomic E-state index is 0.00174. The molecule has 1 heterocycles. The fraction of sp³-hybridized carbons (Fsp3) is 0.0952. The van der Waals surface area contributed by atoms with Gasteiger partial charge in [-0.2, -0.15) is 0 Å². The molecule has 0 fully saturated rings. The van der Waals surface area contributed by atoms with E-state index in [0.717, 1.165) is 5.56 Å². The number of fused-ring (bicyclic) bond motifs is 1. The first-order valence-corrected chi connectivity index (χ1v) is 11.3. The summed E-state index contributed by atoms with van der Waals surface area (Å²) in [4.78, 5) is 12.3. The van der Waals surface area contributed by atoms with Crippen molar-refractivity contribution in [1.82, 2.24) is 9.78 Å². The van der Waals surface area contributed by atoms with Crippen LogP contribution in [0, 0.1) is 12.7 Å². The van der Waals surface area contributed by atoms with Crippen LogP contribution < -0.4 is 10.3 Å². The molecule has 0 aliphatic rings. The average Bonchev–Trinajstić information content (AvgIpc) is 2.97. The topological polar surface area (TPSA) is 84.0 Å². The number of benzene rings is 3. The Balaban J connectivity index is 1.68. The first-order chi connectivity index (χ1) is 14.6. The summed E-state index contributed by atoms with van der Waals surface area (Å²) in [6, 6.07) is 13.4. The van der Waals surface area contributed by atoms with Crippen molar-refractivity contribution in [2.24, 2.45) is 0 Å². The summed E-state index contributed by atoms with van der Waals surface area (Å²) in [5, 5.41) is 3.36. The molecule has 0 radical (unpaired) electrons. The summed E-state index contributed by atoms with van der Waals surface area (Å²) in [5.74, 6) is -0.345. The van der Waals surface area contributed by atoms with Crippen LogP contribution in [0.5, 0.6) is 0 Å². The van der Waals surface area contributed by atoms with Gasteiger partial charge in [-0.1, -0.05) is 35.3 Å². The molecule has 0 spiro atoms. The molecule has 2 N–H and O–H groups in total. The van der Waals surface area contributed by atoms with Gasteiger partial charge in [0.25, 0.3) is 15.6 Å². The van der Waals surface area contributed by atoms with Crippen LogP contribution in [0.25, 0.3) is 10.9 Å². The normalized spacial score (nSPS) is 11.7. The van der Waals surface area contributed by atoms with E-state index in [1.165, 1.54) is 30.3 Å². The fourth-order valence-corrected chi connectivity index (χ4v) is 5.63. The Morgan fingerprint density at radius 1 is 1.06 bits per heavy atom. The maximum atomic E-state index is 13.1. The van der Waals surface area contributed by atoms with E-state index in [0.29, 0.717) is 28.0 Å². The molecule has 0 saturated heterocycles. The number of sulfonamides is 1. The van der Waals surface area contributed by atoms with E-state index >= 15 is 0 Å². The third-order valence-corrected chi connectivity index (χ3v) is 6.95. The molecule has 0 amide bonds. The third kappa shape index (κ3) is 4.32. The standard InChI is InChI=1S/C21H16Cl2FN3O3S/c1-12-8-14(22)9-18(23)20(12)31(29,30)26-16-6-7-19-17(10-16)21(28)25-27(19)11-13-2-4-15(24)5-3-13/h2-10,26H,11H2,1H3,(H,25,28). The maximum absolute atomic E-state index is 13.1. The third-order valence-electron chi connectivity index (χ3n) is 4.74. The highest BCUT2D eigenvalue weighted by atomic mass is 35.5. The van der Waals surface area contributed by atoms with Gasteiger partial charge < -0.3 is 0 Å². The largest absolute Gasteiger partial charge is 0.280 e. The average molecular weight is 480 g/mol. The second-order valence-corrected chi connectivity index (χ2v) is 9.49. The minimum Gasteiger partial charge on any atom is -0.280 e. The Morgan fingerprint density at radius 2 is 1.77 bits per heavy atom. The van der Waals surface area contributed by atoms with E-state index in [4.69, 9.17) is 23.2 Å². The van der Waals surface area contributed by atoms with E-state index in [2.05, 4.69) is 9.82 Å². The van der Waals surface area contributed by atoms with Gasteiger partial charge in [0.15, 0.2) is 0 Å². The number of aryl methyl sites for hydroxylation is 1. The van der Waals surface area contributed by atoms with Gasteiger partial charge in [-0.3, -0.25) is 19.3 Å². The van der Waals surface area contributed by atoms with Gasteiger partial charge in [0, 0.05) is 10.7 Å². The molecule has 4 rings (SSSR count). The van der Waals surface area contributed by atoms with Gasteiger partial charge >= 0.3 is 0 Å². The number of rotatable bonds is 5. The maximum Gasteiger partial charge on any atom is 0.272 e. The number of hydrogen-bond acceptors (Lipinski definition) is 3. The van der Waals surface area contributed by atoms with Crippen LogP contribution in [0.3, 0.4) is 0 Å². The number of hydrogen-bond donors (Lipinski definition) is 2. The molecule has 0 atom stereocenters. The summed E-state index contributed by atoms with van der Waals surface area (Å²) in [6.45, 7) is 1.92. The van der Waals surface area contributed by atoms with Crippen LogP contribution in [0.2, 0.25) is 10.0 Å². The smallest absolute Gasteiger partial charge is 0.272 e. The molecular weight excluding hydrogens is 464 g/mol. The van der Waals surface area contributed by atoms with Crippen molar-refractivity contribution >= 4 is 49.8 Å². The summed E-state index contributed by atoms with van der Waals surface area (Å²) in [5.41, 5.74) is 1.61. The monoisotopic (exact) mass is 479 g/mol. The molecule has 6 nitrogen and oxygen atoms in total. The van der Waals surface area contributed by atoms with E-state index in [1.54, 1.807) is 35.9 Å². The van der Waals surface area contributed by atoms with Crippen LogP contribution in [0.1, 0.15) is 11.1 Å². The first-order valence-electron chi connectivity index (χ1n) is 9.09. The van der Waals surface area contributed by atoms with Gasteiger partial charge in [-0.05, 0) is 60.5 Å². The number of halogens is 3. The number of H-pyrrole nitrogens is 1. The minimum atomic E-state index is -4.01. The van der Waals surface area contributed by atoms with Crippen molar-refractivity contribution in [3.05, 3.63) is 91.9 Å². The lowest BCUT2D eigenvalue weighted by Crippen LogP contribution is -2.15. The Hall–Kier alpha value is -2.81. The van der Waals surface area contributed by atoms with Crippen LogP contribution in [0.4, 0.5) is 10.1 Å². The van der Waals surface area contributed by atoms with E-state index in [9.17, 15) is 17.6 Å². The second-order valence-electron chi connectivity index (χ2n) is 7.02. The highest BCUT2D eigenvalue weighted by molar-refractivity contribution is 7.92. The number of nitrogens with zero attached hydrogens (tertiary/aromatic N) is 1. The lowest BCUT2D eigenvalue weighted by molar-refractivity contribution is 0.600. The summed E-state index contributed by atoms with van der Waals surface area (Å²) >= 11 is 12.0. The van der Waals surface area contributed by atoms with Crippen molar-refractivity contribution in [3.8, 4) is 0 Å². The highest BCUT2D eigenvalue weighted by Crippen LogP contribution is 2.30. The van der Waals surface area contributed by atoms with Gasteiger partial charge in [-0.25, -0.2) is 12.8 Å². The Kier molecular flexibility index (Phi) is 5.55. The fourth-order valence-electron chi connectivity index (χ4n) is 3.39. The molecule has 0 unspecified atom stereocenters. The Labute approximate surface area is 187 Å². The number of aromatic amines is 1. The molecule has 1 aromatic heterocycles. The molecule has 4 aromatic rings. The number of anilines is 1. The van der Waals surface area contributed by atoms with Crippen LogP contribution >= 0.6 is 23.2 Å². The van der Waals surface area contributed by atoms with Crippen LogP contribution in [-0.2, 0) is 16.6 Å². The van der Waals surface area contributed by atoms with E-state index in [-0.39, 0.29) is 27.0 Å². The van der Waals surface area contributed by atoms with Crippen molar-refractivity contribution in [1.29, 1.82) is 0 Å². The van der Waals surface area contributed by atoms with Crippen molar-refractivity contribution in [3.63, 3.8) is 0 Å². The summed E-state index contributed by atoms with van der Waals surface area (Å²) in [7, 11) is -4.01. The Bertz CT molecular complexity index is 1440.